The Kier molecular flexibility index (Phi) is 11.2. The molecule has 0 bridgehead atoms. The van der Waals surface area contributed by atoms with Gasteiger partial charge in [-0.1, -0.05) is 91.4 Å². The van der Waals surface area contributed by atoms with E-state index in [0.717, 1.165) is 46.3 Å². The molecule has 11 heteroatoms. The van der Waals surface area contributed by atoms with Gasteiger partial charge in [0.05, 0.1) is 46.5 Å². The molecule has 4 aromatic rings. The van der Waals surface area contributed by atoms with E-state index >= 15 is 4.79 Å². The summed E-state index contributed by atoms with van der Waals surface area (Å²) in [5.74, 6) is 0.208. The average molecular weight is 780 g/mol. The van der Waals surface area contributed by atoms with Gasteiger partial charge in [-0.05, 0) is 72.0 Å². The maximum absolute atomic E-state index is 15.3. The van der Waals surface area contributed by atoms with Crippen LogP contribution in [-0.4, -0.2) is 68.7 Å². The van der Waals surface area contributed by atoms with Crippen molar-refractivity contribution >= 4 is 54.0 Å². The van der Waals surface area contributed by atoms with Crippen molar-refractivity contribution in [3.8, 4) is 5.75 Å². The lowest BCUT2D eigenvalue weighted by Gasteiger charge is -2.37. The topological polar surface area (TPSA) is 99.6 Å². The van der Waals surface area contributed by atoms with Crippen LogP contribution in [-0.2, 0) is 37.8 Å². The third-order valence-electron chi connectivity index (χ3n) is 12.0. The number of carbonyl (C=O) groups excluding carboxylic acids is 3. The second-order valence-electron chi connectivity index (χ2n) is 15.6. The standard InChI is InChI=1S/C44H50ClN3O6Si/c1-30-42(55(3,4)36-19-17-35(53-2)18-20-36)39(27-41(51)46(23-24-49)28-31-11-6-5-7-12-31)54-44(30)37-26-33(45)16-21-38(37)48(43(44)52)29-32-13-10-14-34(25-32)47-22-9-8-15-40(47)50/h5-7,10-14,16-21,25-26,30,39,42,49H,8-9,15,22-24,27-29H2,1-4H3/t30-,39+,42-,44+/m0/s1. The van der Waals surface area contributed by atoms with Crippen molar-refractivity contribution in [3.63, 3.8) is 0 Å². The van der Waals surface area contributed by atoms with E-state index in [1.165, 1.54) is 0 Å². The SMILES string of the molecule is COc1ccc([Si](C)(C)[C@@H]2[C@@H](CC(=O)N(CCO)Cc3ccccc3)O[C@]3(C(=O)N(Cc4cccc(N5CCCCC5=O)c4)c4ccc(Cl)cc43)[C@H]2C)cc1. The molecule has 2 fully saturated rings. The van der Waals surface area contributed by atoms with E-state index in [2.05, 4.69) is 32.2 Å². The summed E-state index contributed by atoms with van der Waals surface area (Å²) in [7, 11) is -0.886. The monoisotopic (exact) mass is 779 g/mol. The van der Waals surface area contributed by atoms with Crippen molar-refractivity contribution in [1.29, 1.82) is 0 Å². The highest BCUT2D eigenvalue weighted by Gasteiger charge is 2.66. The number of rotatable bonds is 12. The normalized spacial score (nSPS) is 22.3. The quantitative estimate of drug-likeness (QED) is 0.155. The van der Waals surface area contributed by atoms with Gasteiger partial charge in [-0.3, -0.25) is 14.4 Å². The first-order chi connectivity index (χ1) is 26.5. The number of aliphatic hydroxyl groups excluding tert-OH is 1. The molecule has 55 heavy (non-hydrogen) atoms. The van der Waals surface area contributed by atoms with E-state index in [1.807, 2.05) is 83.8 Å². The maximum Gasteiger partial charge on any atom is 0.264 e. The Morgan fingerprint density at radius 1 is 0.982 bits per heavy atom. The van der Waals surface area contributed by atoms with Crippen LogP contribution in [0.25, 0.3) is 0 Å². The fourth-order valence-corrected chi connectivity index (χ4v) is 13.4. The molecule has 4 aromatic carbocycles. The largest absolute Gasteiger partial charge is 0.497 e. The number of carbonyl (C=O) groups is 3. The summed E-state index contributed by atoms with van der Waals surface area (Å²) >= 11 is 6.72. The van der Waals surface area contributed by atoms with Gasteiger partial charge in [-0.25, -0.2) is 0 Å². The lowest BCUT2D eigenvalue weighted by molar-refractivity contribution is -0.150. The molecule has 3 heterocycles. The molecule has 2 saturated heterocycles. The Hall–Kier alpha value is -4.48. The number of nitrogens with zero attached hydrogens (tertiary/aromatic N) is 3. The lowest BCUT2D eigenvalue weighted by Crippen LogP contribution is -2.52. The number of anilines is 2. The fourth-order valence-electron chi connectivity index (χ4n) is 9.24. The van der Waals surface area contributed by atoms with E-state index < -0.39 is 19.8 Å². The Morgan fingerprint density at radius 3 is 2.44 bits per heavy atom. The van der Waals surface area contributed by atoms with Crippen LogP contribution < -0.4 is 19.7 Å². The van der Waals surface area contributed by atoms with E-state index in [0.29, 0.717) is 30.1 Å². The molecule has 3 amide bonds. The number of fused-ring (bicyclic) bond motifs is 2. The predicted octanol–water partition coefficient (Wildman–Crippen LogP) is 7.04. The smallest absolute Gasteiger partial charge is 0.264 e. The first kappa shape index (κ1) is 38.8. The number of aliphatic hydroxyl groups is 1. The minimum atomic E-state index is -2.53. The Bertz CT molecular complexity index is 2040. The van der Waals surface area contributed by atoms with Crippen LogP contribution in [0, 0.1) is 5.92 Å². The molecule has 1 N–H and O–H groups in total. The summed E-state index contributed by atoms with van der Waals surface area (Å²) in [6.45, 7) is 7.98. The van der Waals surface area contributed by atoms with Crippen molar-refractivity contribution < 1.29 is 29.0 Å². The molecule has 288 valence electrons. The van der Waals surface area contributed by atoms with Crippen LogP contribution in [0.2, 0.25) is 23.7 Å². The molecule has 1 spiro atoms. The maximum atomic E-state index is 15.3. The van der Waals surface area contributed by atoms with Crippen LogP contribution in [0.4, 0.5) is 11.4 Å². The van der Waals surface area contributed by atoms with Gasteiger partial charge in [0.1, 0.15) is 5.75 Å². The van der Waals surface area contributed by atoms with Gasteiger partial charge in [0.2, 0.25) is 11.8 Å². The van der Waals surface area contributed by atoms with E-state index in [4.69, 9.17) is 21.1 Å². The van der Waals surface area contributed by atoms with Crippen LogP contribution in [0.1, 0.15) is 49.3 Å². The Morgan fingerprint density at radius 2 is 1.73 bits per heavy atom. The third-order valence-corrected chi connectivity index (χ3v) is 16.6. The van der Waals surface area contributed by atoms with Gasteiger partial charge in [0, 0.05) is 48.2 Å². The van der Waals surface area contributed by atoms with Gasteiger partial charge in [-0.2, -0.15) is 0 Å². The lowest BCUT2D eigenvalue weighted by atomic mass is 9.82. The van der Waals surface area contributed by atoms with Crippen LogP contribution in [0.5, 0.6) is 5.75 Å². The summed E-state index contributed by atoms with van der Waals surface area (Å²) in [5.41, 5.74) is 2.56. The molecule has 0 aliphatic carbocycles. The van der Waals surface area contributed by atoms with Crippen molar-refractivity contribution in [2.45, 2.75) is 76.0 Å². The van der Waals surface area contributed by atoms with Crippen LogP contribution in [0.3, 0.4) is 0 Å². The van der Waals surface area contributed by atoms with Crippen molar-refractivity contribution in [2.24, 2.45) is 5.92 Å². The minimum Gasteiger partial charge on any atom is -0.497 e. The molecular weight excluding hydrogens is 730 g/mol. The number of piperidine rings is 1. The summed E-state index contributed by atoms with van der Waals surface area (Å²) in [6, 6.07) is 31.3. The predicted molar refractivity (Wildman–Crippen MR) is 218 cm³/mol. The molecular formula is C44H50ClN3O6Si. The zero-order valence-corrected chi connectivity index (χ0v) is 33.8. The number of hydrogen-bond donors (Lipinski definition) is 1. The van der Waals surface area contributed by atoms with E-state index in [9.17, 15) is 14.7 Å². The van der Waals surface area contributed by atoms with E-state index in [1.54, 1.807) is 23.0 Å². The van der Waals surface area contributed by atoms with Gasteiger partial charge in [0.25, 0.3) is 5.91 Å². The highest BCUT2D eigenvalue weighted by Crippen LogP contribution is 2.60. The molecule has 0 unspecified atom stereocenters. The second-order valence-corrected chi connectivity index (χ2v) is 20.7. The average Bonchev–Trinajstić information content (AvgIpc) is 3.61. The highest BCUT2D eigenvalue weighted by atomic mass is 35.5. The molecule has 4 atom stereocenters. The summed E-state index contributed by atoms with van der Waals surface area (Å²) in [6.07, 6.45) is 1.83. The highest BCUT2D eigenvalue weighted by molar-refractivity contribution is 6.91. The van der Waals surface area contributed by atoms with E-state index in [-0.39, 0.29) is 55.3 Å². The molecule has 9 nitrogen and oxygen atoms in total. The molecule has 0 saturated carbocycles. The zero-order chi connectivity index (χ0) is 38.9. The second kappa shape index (κ2) is 15.9. The minimum absolute atomic E-state index is 0.0469. The van der Waals surface area contributed by atoms with Crippen molar-refractivity contribution in [2.75, 3.05) is 36.6 Å². The molecule has 3 aliphatic rings. The summed E-state index contributed by atoms with van der Waals surface area (Å²) < 4.78 is 12.7. The number of methoxy groups -OCH3 is 1. The van der Waals surface area contributed by atoms with Gasteiger partial charge in [-0.15, -0.1) is 0 Å². The number of hydrogen-bond acceptors (Lipinski definition) is 6. The van der Waals surface area contributed by atoms with Gasteiger partial charge in [0.15, 0.2) is 5.60 Å². The summed E-state index contributed by atoms with van der Waals surface area (Å²) in [5, 5.41) is 11.7. The molecule has 0 radical (unpaired) electrons. The number of amides is 3. The van der Waals surface area contributed by atoms with Crippen molar-refractivity contribution in [3.05, 3.63) is 119 Å². The molecule has 0 aromatic heterocycles. The molecule has 3 aliphatic heterocycles. The summed E-state index contributed by atoms with van der Waals surface area (Å²) in [4.78, 5) is 47.8. The molecule has 7 rings (SSSR count). The number of benzene rings is 4. The van der Waals surface area contributed by atoms with Crippen LogP contribution in [0.15, 0.2) is 97.1 Å². The fraction of sp³-hybridized carbons (Fsp3) is 0.386. The first-order valence-electron chi connectivity index (χ1n) is 19.2. The zero-order valence-electron chi connectivity index (χ0n) is 32.0. The number of halogens is 1. The Labute approximate surface area is 329 Å². The van der Waals surface area contributed by atoms with Gasteiger partial charge < -0.3 is 29.3 Å². The van der Waals surface area contributed by atoms with Crippen LogP contribution >= 0.6 is 11.6 Å². The first-order valence-corrected chi connectivity index (χ1v) is 22.7. The number of ether oxygens (including phenoxy) is 2. The Balaban J connectivity index is 1.27. The van der Waals surface area contributed by atoms with Gasteiger partial charge >= 0.3 is 0 Å². The third kappa shape index (κ3) is 7.33. The van der Waals surface area contributed by atoms with Crippen molar-refractivity contribution in [1.82, 2.24) is 4.90 Å².